The molecule has 0 radical (unpaired) electrons. The Hall–Kier alpha value is -4.16. The van der Waals surface area contributed by atoms with Crippen LogP contribution in [0, 0.1) is 0 Å². The van der Waals surface area contributed by atoms with Gasteiger partial charge in [-0.05, 0) is 75.3 Å². The standard InChI is InChI=1S/C28H20O5S/c29-26-22(13-17-1-4-20(5-2-17)27(30)31)8-6-19-7-9-23(15-24(19)26)28(32)33-16-18-3-10-25-21(14-18)11-12-34-25/h1-12,14-15,29H,13,16H2,(H,30,31). The summed E-state index contributed by atoms with van der Waals surface area (Å²) in [5.74, 6) is -1.34. The predicted octanol–water partition coefficient (Wildman–Crippen LogP) is 6.41. The minimum absolute atomic E-state index is 0.0948. The molecule has 0 aliphatic rings. The van der Waals surface area contributed by atoms with Crippen molar-refractivity contribution in [2.75, 3.05) is 0 Å². The molecule has 0 atom stereocenters. The summed E-state index contributed by atoms with van der Waals surface area (Å²) in [6.07, 6.45) is 0.432. The number of esters is 1. The van der Waals surface area contributed by atoms with Crippen LogP contribution in [0.3, 0.4) is 0 Å². The number of phenolic OH excluding ortho intramolecular Hbond substituents is 1. The van der Waals surface area contributed by atoms with E-state index in [-0.39, 0.29) is 17.9 Å². The van der Waals surface area contributed by atoms with Crippen LogP contribution in [0.2, 0.25) is 0 Å². The van der Waals surface area contributed by atoms with E-state index in [1.807, 2.05) is 41.8 Å². The molecule has 5 nitrogen and oxygen atoms in total. The van der Waals surface area contributed by atoms with Gasteiger partial charge in [0.25, 0.3) is 0 Å². The molecule has 5 aromatic rings. The van der Waals surface area contributed by atoms with Gasteiger partial charge in [0.15, 0.2) is 0 Å². The van der Waals surface area contributed by atoms with Crippen LogP contribution in [-0.4, -0.2) is 22.2 Å². The van der Waals surface area contributed by atoms with E-state index in [9.17, 15) is 14.7 Å². The fourth-order valence-electron chi connectivity index (χ4n) is 3.94. The molecule has 6 heteroatoms. The van der Waals surface area contributed by atoms with Gasteiger partial charge in [-0.25, -0.2) is 9.59 Å². The molecule has 0 aliphatic carbocycles. The van der Waals surface area contributed by atoms with Crippen molar-refractivity contribution in [3.8, 4) is 5.75 Å². The third kappa shape index (κ3) is 4.36. The number of hydrogen-bond acceptors (Lipinski definition) is 5. The summed E-state index contributed by atoms with van der Waals surface area (Å²) in [5, 5.41) is 24.5. The molecule has 0 fully saturated rings. The average molecular weight is 469 g/mol. The van der Waals surface area contributed by atoms with E-state index in [1.165, 1.54) is 4.70 Å². The molecule has 34 heavy (non-hydrogen) atoms. The number of benzene rings is 4. The first-order chi connectivity index (χ1) is 16.5. The van der Waals surface area contributed by atoms with Crippen molar-refractivity contribution in [2.45, 2.75) is 13.0 Å². The highest BCUT2D eigenvalue weighted by Crippen LogP contribution is 2.31. The monoisotopic (exact) mass is 468 g/mol. The number of ether oxygens (including phenoxy) is 1. The topological polar surface area (TPSA) is 83.8 Å². The molecular weight excluding hydrogens is 448 g/mol. The highest BCUT2D eigenvalue weighted by Gasteiger charge is 2.13. The summed E-state index contributed by atoms with van der Waals surface area (Å²) in [7, 11) is 0. The summed E-state index contributed by atoms with van der Waals surface area (Å²) in [6.45, 7) is 0.168. The lowest BCUT2D eigenvalue weighted by Crippen LogP contribution is -2.05. The second-order valence-corrected chi connectivity index (χ2v) is 9.00. The fourth-order valence-corrected chi connectivity index (χ4v) is 4.71. The van der Waals surface area contributed by atoms with Crippen LogP contribution < -0.4 is 0 Å². The zero-order valence-electron chi connectivity index (χ0n) is 18.0. The number of carboxylic acids is 1. The van der Waals surface area contributed by atoms with Gasteiger partial charge < -0.3 is 14.9 Å². The summed E-state index contributed by atoms with van der Waals surface area (Å²) < 4.78 is 6.71. The van der Waals surface area contributed by atoms with Gasteiger partial charge in [-0.3, -0.25) is 0 Å². The lowest BCUT2D eigenvalue weighted by atomic mass is 9.98. The Kier molecular flexibility index (Phi) is 5.74. The minimum Gasteiger partial charge on any atom is -0.507 e. The van der Waals surface area contributed by atoms with Gasteiger partial charge >= 0.3 is 11.9 Å². The van der Waals surface area contributed by atoms with Gasteiger partial charge in [-0.2, -0.15) is 0 Å². The molecule has 0 amide bonds. The molecule has 0 unspecified atom stereocenters. The van der Waals surface area contributed by atoms with E-state index in [2.05, 4.69) is 0 Å². The Labute approximate surface area is 199 Å². The summed E-state index contributed by atoms with van der Waals surface area (Å²) in [5.41, 5.74) is 3.05. The molecule has 2 N–H and O–H groups in total. The molecule has 1 heterocycles. The zero-order valence-corrected chi connectivity index (χ0v) is 18.8. The quantitative estimate of drug-likeness (QED) is 0.282. The molecule has 168 valence electrons. The Morgan fingerprint density at radius 1 is 0.794 bits per heavy atom. The lowest BCUT2D eigenvalue weighted by Gasteiger charge is -2.11. The van der Waals surface area contributed by atoms with Crippen LogP contribution >= 0.6 is 11.3 Å². The van der Waals surface area contributed by atoms with Gasteiger partial charge in [-0.15, -0.1) is 11.3 Å². The van der Waals surface area contributed by atoms with Crippen LogP contribution in [0.15, 0.2) is 84.2 Å². The number of carbonyl (C=O) groups is 2. The van der Waals surface area contributed by atoms with Crippen molar-refractivity contribution in [2.24, 2.45) is 0 Å². The largest absolute Gasteiger partial charge is 0.507 e. The first-order valence-corrected chi connectivity index (χ1v) is 11.6. The van der Waals surface area contributed by atoms with Gasteiger partial charge in [0.2, 0.25) is 0 Å². The third-order valence-electron chi connectivity index (χ3n) is 5.79. The molecule has 5 rings (SSSR count). The van der Waals surface area contributed by atoms with Gasteiger partial charge in [-0.1, -0.05) is 36.4 Å². The van der Waals surface area contributed by atoms with E-state index in [4.69, 9.17) is 9.84 Å². The first kappa shape index (κ1) is 21.7. The molecule has 0 saturated heterocycles. The average Bonchev–Trinajstić information content (AvgIpc) is 3.32. The first-order valence-electron chi connectivity index (χ1n) is 10.7. The van der Waals surface area contributed by atoms with E-state index in [0.717, 1.165) is 21.9 Å². The predicted molar refractivity (Wildman–Crippen MR) is 133 cm³/mol. The SMILES string of the molecule is O=C(O)c1ccc(Cc2ccc3ccc(C(=O)OCc4ccc5sccc5c4)cc3c2O)cc1. The number of rotatable bonds is 6. The molecule has 0 spiro atoms. The van der Waals surface area contributed by atoms with E-state index < -0.39 is 11.9 Å². The number of carbonyl (C=O) groups excluding carboxylic acids is 1. The van der Waals surface area contributed by atoms with Crippen molar-refractivity contribution in [3.05, 3.63) is 112 Å². The van der Waals surface area contributed by atoms with Crippen molar-refractivity contribution < 1.29 is 24.5 Å². The summed E-state index contributed by atoms with van der Waals surface area (Å²) in [4.78, 5) is 23.7. The third-order valence-corrected chi connectivity index (χ3v) is 6.69. The molecule has 0 saturated carbocycles. The minimum atomic E-state index is -0.980. The van der Waals surface area contributed by atoms with Gasteiger partial charge in [0.1, 0.15) is 12.4 Å². The van der Waals surface area contributed by atoms with Crippen molar-refractivity contribution in [1.82, 2.24) is 0 Å². The lowest BCUT2D eigenvalue weighted by molar-refractivity contribution is 0.0472. The van der Waals surface area contributed by atoms with Gasteiger partial charge in [0, 0.05) is 16.5 Å². The number of aromatic carboxylic acids is 1. The van der Waals surface area contributed by atoms with Crippen LogP contribution in [0.4, 0.5) is 0 Å². The smallest absolute Gasteiger partial charge is 0.338 e. The number of phenols is 1. The number of hydrogen-bond donors (Lipinski definition) is 2. The molecule has 0 aliphatic heterocycles. The molecule has 1 aromatic heterocycles. The number of carboxylic acid groups (broad SMARTS) is 1. The van der Waals surface area contributed by atoms with Crippen LogP contribution in [0.25, 0.3) is 20.9 Å². The maximum atomic E-state index is 12.7. The highest BCUT2D eigenvalue weighted by molar-refractivity contribution is 7.17. The second kappa shape index (κ2) is 9.00. The summed E-state index contributed by atoms with van der Waals surface area (Å²) >= 11 is 1.67. The van der Waals surface area contributed by atoms with Crippen LogP contribution in [0.5, 0.6) is 5.75 Å². The number of aromatic hydroxyl groups is 1. The van der Waals surface area contributed by atoms with Crippen molar-refractivity contribution >= 4 is 44.1 Å². The van der Waals surface area contributed by atoms with Gasteiger partial charge in [0.05, 0.1) is 11.1 Å². The zero-order chi connectivity index (χ0) is 23.7. The maximum absolute atomic E-state index is 12.7. The Morgan fingerprint density at radius 3 is 2.32 bits per heavy atom. The van der Waals surface area contributed by atoms with E-state index in [1.54, 1.807) is 53.8 Å². The second-order valence-electron chi connectivity index (χ2n) is 8.06. The van der Waals surface area contributed by atoms with Crippen LogP contribution in [-0.2, 0) is 17.8 Å². The number of fused-ring (bicyclic) bond motifs is 2. The fraction of sp³-hybridized carbons (Fsp3) is 0.0714. The van der Waals surface area contributed by atoms with Crippen LogP contribution in [0.1, 0.15) is 37.4 Å². The van der Waals surface area contributed by atoms with Crippen molar-refractivity contribution in [1.29, 1.82) is 0 Å². The molecule has 4 aromatic carbocycles. The number of thiophene rings is 1. The Morgan fingerprint density at radius 2 is 1.53 bits per heavy atom. The molecular formula is C28H20O5S. The highest BCUT2D eigenvalue weighted by atomic mass is 32.1. The summed E-state index contributed by atoms with van der Waals surface area (Å²) in [6, 6.07) is 23.4. The van der Waals surface area contributed by atoms with E-state index >= 15 is 0 Å². The van der Waals surface area contributed by atoms with E-state index in [0.29, 0.717) is 22.9 Å². The molecule has 0 bridgehead atoms. The van der Waals surface area contributed by atoms with Crippen molar-refractivity contribution in [3.63, 3.8) is 0 Å². The Bertz CT molecular complexity index is 1530. The maximum Gasteiger partial charge on any atom is 0.338 e. The normalized spacial score (nSPS) is 11.1. The Balaban J connectivity index is 1.35.